The summed E-state index contributed by atoms with van der Waals surface area (Å²) < 4.78 is 21.4. The van der Waals surface area contributed by atoms with Crippen LogP contribution in [-0.2, 0) is 19.7 Å². The average molecular weight is 396 g/mol. The molecule has 0 radical (unpaired) electrons. The zero-order valence-electron chi connectivity index (χ0n) is 16.2. The Bertz CT molecular complexity index is 1080. The van der Waals surface area contributed by atoms with Gasteiger partial charge in [0.1, 0.15) is 18.1 Å². The van der Waals surface area contributed by atoms with E-state index >= 15 is 0 Å². The fourth-order valence-electron chi connectivity index (χ4n) is 3.39. The summed E-state index contributed by atoms with van der Waals surface area (Å²) in [7, 11) is 1.68. The van der Waals surface area contributed by atoms with Crippen LogP contribution < -0.4 is 10.5 Å². The van der Waals surface area contributed by atoms with Crippen LogP contribution in [0.3, 0.4) is 0 Å². The number of carbonyl (C=O) groups excluding carboxylic acids is 1. The van der Waals surface area contributed by atoms with Crippen LogP contribution in [0.4, 0.5) is 10.2 Å². The lowest BCUT2D eigenvalue weighted by atomic mass is 10.1. The summed E-state index contributed by atoms with van der Waals surface area (Å²) in [5.74, 6) is -0.132. The topological polar surface area (TPSA) is 99.2 Å². The predicted octanol–water partition coefficient (Wildman–Crippen LogP) is 2.64. The molecule has 0 saturated carbocycles. The highest BCUT2D eigenvalue weighted by atomic mass is 19.1. The minimum absolute atomic E-state index is 0.0126. The summed E-state index contributed by atoms with van der Waals surface area (Å²) in [5.41, 5.74) is 8.92. The molecule has 0 spiro atoms. The smallest absolute Gasteiger partial charge is 0.254 e. The van der Waals surface area contributed by atoms with Gasteiger partial charge in [-0.05, 0) is 30.7 Å². The number of fused-ring (bicyclic) bond motifs is 5. The van der Waals surface area contributed by atoms with Crippen molar-refractivity contribution >= 4 is 11.7 Å². The molecule has 4 rings (SSSR count). The van der Waals surface area contributed by atoms with E-state index in [0.29, 0.717) is 29.1 Å². The third kappa shape index (κ3) is 3.51. The summed E-state index contributed by atoms with van der Waals surface area (Å²) in [6.07, 6.45) is 2.51. The van der Waals surface area contributed by atoms with Gasteiger partial charge in [-0.15, -0.1) is 5.10 Å². The number of nitrogen functional groups attached to an aromatic ring is 1. The normalized spacial score (nSPS) is 13.8. The van der Waals surface area contributed by atoms with Gasteiger partial charge in [0.05, 0.1) is 12.2 Å². The Morgan fingerprint density at radius 1 is 1.31 bits per heavy atom. The number of pyridine rings is 1. The van der Waals surface area contributed by atoms with Crippen molar-refractivity contribution < 1.29 is 13.9 Å². The van der Waals surface area contributed by atoms with E-state index in [-0.39, 0.29) is 24.9 Å². The number of aryl methyl sites for hydroxylation is 1. The fraction of sp³-hybridized carbons (Fsp3) is 0.300. The first-order valence-electron chi connectivity index (χ1n) is 9.33. The van der Waals surface area contributed by atoms with Gasteiger partial charge >= 0.3 is 0 Å². The van der Waals surface area contributed by atoms with Crippen LogP contribution in [0.1, 0.15) is 35.0 Å². The van der Waals surface area contributed by atoms with Gasteiger partial charge in [-0.1, -0.05) is 12.1 Å². The van der Waals surface area contributed by atoms with Crippen molar-refractivity contribution in [1.82, 2.24) is 24.9 Å². The summed E-state index contributed by atoms with van der Waals surface area (Å²) in [5, 5.41) is 8.54. The molecule has 2 N–H and O–H groups in total. The number of hydrogen-bond donors (Lipinski definition) is 1. The van der Waals surface area contributed by atoms with Gasteiger partial charge in [0.15, 0.2) is 11.6 Å². The molecule has 0 saturated heterocycles. The Labute approximate surface area is 167 Å². The monoisotopic (exact) mass is 396 g/mol. The van der Waals surface area contributed by atoms with Crippen LogP contribution >= 0.6 is 0 Å². The van der Waals surface area contributed by atoms with E-state index in [2.05, 4.69) is 15.3 Å². The van der Waals surface area contributed by atoms with Gasteiger partial charge in [-0.2, -0.15) is 0 Å². The first-order valence-corrected chi connectivity index (χ1v) is 9.33. The molecular weight excluding hydrogens is 375 g/mol. The van der Waals surface area contributed by atoms with Gasteiger partial charge in [0.2, 0.25) is 0 Å². The number of benzene rings is 1. The number of ether oxygens (including phenoxy) is 1. The Balaban J connectivity index is 1.88. The highest BCUT2D eigenvalue weighted by Gasteiger charge is 2.23. The lowest BCUT2D eigenvalue weighted by Crippen LogP contribution is -2.28. The molecule has 150 valence electrons. The Hall–Kier alpha value is -3.49. The zero-order valence-corrected chi connectivity index (χ0v) is 16.2. The molecule has 3 aromatic rings. The third-order valence-corrected chi connectivity index (χ3v) is 4.81. The van der Waals surface area contributed by atoms with Gasteiger partial charge < -0.3 is 15.4 Å². The van der Waals surface area contributed by atoms with E-state index in [9.17, 15) is 9.18 Å². The van der Waals surface area contributed by atoms with Crippen molar-refractivity contribution in [2.75, 3.05) is 12.8 Å². The number of nitrogens with two attached hydrogens (primary N) is 1. The van der Waals surface area contributed by atoms with E-state index in [4.69, 9.17) is 10.5 Å². The quantitative estimate of drug-likeness (QED) is 0.715. The number of hydrogen-bond acceptors (Lipinski definition) is 6. The van der Waals surface area contributed by atoms with Gasteiger partial charge in [-0.25, -0.2) is 14.1 Å². The number of anilines is 1. The molecule has 1 amide bonds. The van der Waals surface area contributed by atoms with E-state index in [0.717, 1.165) is 17.7 Å². The fourth-order valence-corrected chi connectivity index (χ4v) is 3.39. The molecule has 2 aromatic heterocycles. The first-order chi connectivity index (χ1) is 14.0. The third-order valence-electron chi connectivity index (χ3n) is 4.81. The van der Waals surface area contributed by atoms with Crippen molar-refractivity contribution in [3.63, 3.8) is 0 Å². The van der Waals surface area contributed by atoms with Crippen molar-refractivity contribution in [3.8, 4) is 17.0 Å². The number of halogens is 1. The number of nitrogens with zero attached hydrogens (tertiary/aromatic N) is 5. The molecule has 3 heterocycles. The molecule has 0 aliphatic carbocycles. The van der Waals surface area contributed by atoms with Crippen LogP contribution in [0, 0.1) is 5.82 Å². The van der Waals surface area contributed by atoms with E-state index in [1.165, 1.54) is 23.1 Å². The highest BCUT2D eigenvalue weighted by molar-refractivity contribution is 5.95. The van der Waals surface area contributed by atoms with Crippen LogP contribution in [0.15, 0.2) is 30.5 Å². The predicted molar refractivity (Wildman–Crippen MR) is 104 cm³/mol. The summed E-state index contributed by atoms with van der Waals surface area (Å²) in [4.78, 5) is 18.8. The van der Waals surface area contributed by atoms with Crippen LogP contribution in [-0.4, -0.2) is 37.8 Å². The maximum atomic E-state index is 13.8. The van der Waals surface area contributed by atoms with E-state index < -0.39 is 5.82 Å². The van der Waals surface area contributed by atoms with Crippen molar-refractivity contribution in [2.24, 2.45) is 0 Å². The molecule has 0 fully saturated rings. The second-order valence-corrected chi connectivity index (χ2v) is 6.97. The van der Waals surface area contributed by atoms with Crippen molar-refractivity contribution in [3.05, 3.63) is 53.1 Å². The standard InChI is InChI=1S/C20H21FN6O2/c1-3-6-27-18-12-8-17(19(22)23-9-12)29-11-13-7-14(21)4-5-15(13)20(28)26(2)10-16(18)24-25-27/h4-5,7-9H,3,6,10-11H2,1-2H3,(H2,22,23). The molecule has 9 heteroatoms. The SMILES string of the molecule is CCCn1nnc2c1-c1cnc(N)c(c1)OCc1cc(F)ccc1C(=O)N(C)C2. The average Bonchev–Trinajstić information content (AvgIpc) is 3.08. The van der Waals surface area contributed by atoms with Crippen LogP contribution in [0.25, 0.3) is 11.3 Å². The second kappa shape index (κ2) is 7.50. The zero-order chi connectivity index (χ0) is 20.5. The van der Waals surface area contributed by atoms with Gasteiger partial charge in [0, 0.05) is 36.5 Å². The molecule has 0 unspecified atom stereocenters. The second-order valence-electron chi connectivity index (χ2n) is 6.97. The van der Waals surface area contributed by atoms with Crippen LogP contribution in [0.5, 0.6) is 5.75 Å². The number of rotatable bonds is 2. The summed E-state index contributed by atoms with van der Waals surface area (Å²) in [6.45, 7) is 2.95. The van der Waals surface area contributed by atoms with E-state index in [1.807, 2.05) is 6.92 Å². The maximum Gasteiger partial charge on any atom is 0.254 e. The number of aromatic nitrogens is 4. The molecule has 0 atom stereocenters. The minimum atomic E-state index is -0.445. The van der Waals surface area contributed by atoms with Crippen molar-refractivity contribution in [1.29, 1.82) is 0 Å². The molecule has 2 bridgehead atoms. The van der Waals surface area contributed by atoms with E-state index in [1.54, 1.807) is 24.0 Å². The summed E-state index contributed by atoms with van der Waals surface area (Å²) in [6, 6.07) is 5.80. The van der Waals surface area contributed by atoms with Gasteiger partial charge in [-0.3, -0.25) is 4.79 Å². The Morgan fingerprint density at radius 3 is 2.93 bits per heavy atom. The number of amides is 1. The molecule has 1 aromatic carbocycles. The molecule has 1 aliphatic heterocycles. The lowest BCUT2D eigenvalue weighted by Gasteiger charge is -2.20. The Kier molecular flexibility index (Phi) is 4.87. The maximum absolute atomic E-state index is 13.8. The molecule has 29 heavy (non-hydrogen) atoms. The largest absolute Gasteiger partial charge is 0.485 e. The lowest BCUT2D eigenvalue weighted by molar-refractivity contribution is 0.0780. The van der Waals surface area contributed by atoms with Crippen LogP contribution in [0.2, 0.25) is 0 Å². The number of carbonyl (C=O) groups is 1. The minimum Gasteiger partial charge on any atom is -0.485 e. The molecule has 8 nitrogen and oxygen atoms in total. The Morgan fingerprint density at radius 2 is 2.14 bits per heavy atom. The van der Waals surface area contributed by atoms with Gasteiger partial charge in [0.25, 0.3) is 5.91 Å². The molecule has 1 aliphatic rings. The highest BCUT2D eigenvalue weighted by Crippen LogP contribution is 2.31. The summed E-state index contributed by atoms with van der Waals surface area (Å²) >= 11 is 0. The van der Waals surface area contributed by atoms with Crippen molar-refractivity contribution in [2.45, 2.75) is 33.0 Å². The molecular formula is C20H21FN6O2. The first kappa shape index (κ1) is 18.9.